The van der Waals surface area contributed by atoms with Gasteiger partial charge in [0, 0.05) is 22.4 Å². The Labute approximate surface area is 362 Å². The molecule has 1 radical (unpaired) electrons. The summed E-state index contributed by atoms with van der Waals surface area (Å²) in [5.41, 5.74) is 2.30. The predicted molar refractivity (Wildman–Crippen MR) is 241 cm³/mol. The minimum atomic E-state index is -5.84. The third-order valence-electron chi connectivity index (χ3n) is 10.0. The Bertz CT molecular complexity index is 2560. The van der Waals surface area contributed by atoms with Crippen LogP contribution in [0.1, 0.15) is 22.3 Å². The number of halogens is 3. The molecule has 0 aliphatic carbocycles. The molecule has 0 spiro atoms. The summed E-state index contributed by atoms with van der Waals surface area (Å²) in [5, 5.41) is 13.4. The van der Waals surface area contributed by atoms with Crippen LogP contribution in [0.3, 0.4) is 0 Å². The molecule has 303 valence electrons. The molecule has 0 atom stereocenters. The van der Waals surface area contributed by atoms with Crippen molar-refractivity contribution >= 4 is 79.3 Å². The molecule has 59 heavy (non-hydrogen) atoms. The Hall–Kier alpha value is -4.42. The molecule has 8 aromatic rings. The number of fused-ring (bicyclic) bond motifs is 2. The van der Waals surface area contributed by atoms with E-state index in [-0.39, 0.29) is 22.4 Å². The Morgan fingerprint density at radius 2 is 0.678 bits per heavy atom. The topological polar surface area (TPSA) is 54.4 Å². The summed E-state index contributed by atoms with van der Waals surface area (Å²) in [5.74, 6) is 0. The monoisotopic (exact) mass is 935 g/mol. The molecule has 8 rings (SSSR count). The van der Waals surface area contributed by atoms with Crippen LogP contribution in [-0.4, -0.2) is 18.5 Å². The smallest absolute Gasteiger partial charge is 0.279 e. The summed E-state index contributed by atoms with van der Waals surface area (Å²) in [6, 6.07) is 64.6. The van der Waals surface area contributed by atoms with Gasteiger partial charge in [0.15, 0.2) is 0 Å². The molecule has 0 fully saturated rings. The third kappa shape index (κ3) is 9.80. The van der Waals surface area contributed by atoms with Crippen molar-refractivity contribution in [3.8, 4) is 11.1 Å². The van der Waals surface area contributed by atoms with Gasteiger partial charge in [-0.3, -0.25) is 4.55 Å². The number of alkyl halides is 3. The summed E-state index contributed by atoms with van der Waals surface area (Å²) < 4.78 is 57.5. The fourth-order valence-electron chi connectivity index (χ4n) is 7.05. The van der Waals surface area contributed by atoms with Gasteiger partial charge in [0.25, 0.3) is 0 Å². The zero-order chi connectivity index (χ0) is 41.2. The average Bonchev–Trinajstić information content (AvgIpc) is 3.20. The van der Waals surface area contributed by atoms with E-state index in [1.807, 2.05) is 0 Å². The van der Waals surface area contributed by atoms with E-state index in [0.717, 1.165) is 0 Å². The molecule has 1 N–H and O–H groups in total. The molecule has 0 aromatic heterocycles. The van der Waals surface area contributed by atoms with Gasteiger partial charge in [0.2, 0.25) is 0 Å². The van der Waals surface area contributed by atoms with Crippen LogP contribution in [0.15, 0.2) is 170 Å². The molecule has 8 aromatic carbocycles. The predicted octanol–water partition coefficient (Wildman–Crippen LogP) is 10.8. The van der Waals surface area contributed by atoms with E-state index < -0.39 is 31.5 Å². The van der Waals surface area contributed by atoms with Crippen molar-refractivity contribution in [2.45, 2.75) is 33.2 Å². The van der Waals surface area contributed by atoms with Gasteiger partial charge in [0.1, 0.15) is 0 Å². The summed E-state index contributed by atoms with van der Waals surface area (Å²) in [6.45, 7) is 8.72. The maximum absolute atomic E-state index is 10.7. The molecular formula is C49H41AgF3O3P2S. The molecule has 0 amide bonds. The normalized spacial score (nSPS) is 11.7. The first-order valence-corrected chi connectivity index (χ1v) is 22.8. The minimum Gasteiger partial charge on any atom is -0.279 e. The van der Waals surface area contributed by atoms with Gasteiger partial charge >= 0.3 is 15.6 Å². The molecule has 0 aliphatic heterocycles. The summed E-state index contributed by atoms with van der Waals surface area (Å²) in [4.78, 5) is 0. The fraction of sp³-hybridized carbons (Fsp3) is 0.102. The van der Waals surface area contributed by atoms with Gasteiger partial charge in [-0.2, -0.15) is 21.6 Å². The van der Waals surface area contributed by atoms with Crippen molar-refractivity contribution in [2.24, 2.45) is 0 Å². The molecule has 3 nitrogen and oxygen atoms in total. The number of benzene rings is 8. The first-order valence-electron chi connectivity index (χ1n) is 18.6. The second kappa shape index (κ2) is 18.5. The molecule has 0 heterocycles. The minimum absolute atomic E-state index is 0. The van der Waals surface area contributed by atoms with Gasteiger partial charge in [0.05, 0.1) is 0 Å². The number of rotatable bonds is 7. The quantitative estimate of drug-likeness (QED) is 0.0750. The van der Waals surface area contributed by atoms with Gasteiger partial charge in [-0.25, -0.2) is 0 Å². The van der Waals surface area contributed by atoms with E-state index in [2.05, 4.69) is 198 Å². The van der Waals surface area contributed by atoms with E-state index in [4.69, 9.17) is 13.0 Å². The van der Waals surface area contributed by atoms with Crippen molar-refractivity contribution in [2.75, 3.05) is 0 Å². The molecule has 10 heteroatoms. The van der Waals surface area contributed by atoms with Crippen LogP contribution in [0.4, 0.5) is 13.2 Å². The van der Waals surface area contributed by atoms with E-state index in [9.17, 15) is 13.2 Å². The second-order valence-electron chi connectivity index (χ2n) is 14.3. The Morgan fingerprint density at radius 3 is 0.932 bits per heavy atom. The van der Waals surface area contributed by atoms with E-state index in [0.29, 0.717) is 0 Å². The Balaban J connectivity index is 0.000000592. The molecular weight excluding hydrogens is 895 g/mol. The summed E-state index contributed by atoms with van der Waals surface area (Å²) >= 11 is 0. The van der Waals surface area contributed by atoms with Crippen LogP contribution >= 0.6 is 15.8 Å². The maximum Gasteiger partial charge on any atom is 0.522 e. The van der Waals surface area contributed by atoms with Gasteiger partial charge < -0.3 is 0 Å². The second-order valence-corrected chi connectivity index (χ2v) is 20.1. The zero-order valence-electron chi connectivity index (χ0n) is 32.7. The maximum atomic E-state index is 10.7. The van der Waals surface area contributed by atoms with Gasteiger partial charge in [-0.15, -0.1) is 0 Å². The Morgan fingerprint density at radius 1 is 0.424 bits per heavy atom. The van der Waals surface area contributed by atoms with Crippen molar-refractivity contribution in [3.05, 3.63) is 192 Å². The van der Waals surface area contributed by atoms with E-state index >= 15 is 0 Å². The standard InChI is InChI=1S/C48H40P2.CHF3O3S.Ag/c1-33-13-23-39(24-14-33)49(40-25-15-34(2)16-26-40)45-31-21-37-9-5-7-11-43(37)47(45)48-44-12-8-6-10-38(44)22-32-46(48)50(41-27-17-35(3)18-28-41)42-29-19-36(4)20-30-42;2-1(3,4)8(5,6)7;/h5-32H,1-4H3;(H,5,6,7);. The SMILES string of the molecule is Cc1ccc(P(c2ccc(C)cc2)c2ccc3ccccc3c2-c2c(P(c3ccc(C)cc3)c3ccc(C)cc3)ccc3ccccc23)cc1.O=S(=O)(O)C(F)(F)F.[Ag]. The first-order chi connectivity index (χ1) is 27.7. The van der Waals surface area contributed by atoms with Crippen LogP contribution < -0.4 is 31.8 Å². The first kappa shape index (κ1) is 44.1. The Kier molecular flexibility index (Phi) is 13.8. The zero-order valence-corrected chi connectivity index (χ0v) is 36.8. The largest absolute Gasteiger partial charge is 0.522 e. The van der Waals surface area contributed by atoms with Crippen LogP contribution in [0.2, 0.25) is 0 Å². The number of hydrogen-bond acceptors (Lipinski definition) is 2. The average molecular weight is 937 g/mol. The van der Waals surface area contributed by atoms with Crippen molar-refractivity contribution in [1.82, 2.24) is 0 Å². The van der Waals surface area contributed by atoms with Crippen LogP contribution in [0.25, 0.3) is 32.7 Å². The molecule has 0 unspecified atom stereocenters. The van der Waals surface area contributed by atoms with Crippen molar-refractivity contribution < 1.29 is 48.5 Å². The van der Waals surface area contributed by atoms with Crippen LogP contribution in [-0.2, 0) is 32.5 Å². The fourth-order valence-corrected chi connectivity index (χ4v) is 11.9. The van der Waals surface area contributed by atoms with Gasteiger partial charge in [-0.05, 0) is 108 Å². The van der Waals surface area contributed by atoms with Crippen LogP contribution in [0.5, 0.6) is 0 Å². The van der Waals surface area contributed by atoms with Crippen molar-refractivity contribution in [1.29, 1.82) is 0 Å². The summed E-state index contributed by atoms with van der Waals surface area (Å²) in [7, 11) is -7.61. The number of aryl methyl sites for hydroxylation is 4. The van der Waals surface area contributed by atoms with E-state index in [1.54, 1.807) is 0 Å². The van der Waals surface area contributed by atoms with Crippen molar-refractivity contribution in [3.63, 3.8) is 0 Å². The summed E-state index contributed by atoms with van der Waals surface area (Å²) in [6.07, 6.45) is 0. The van der Waals surface area contributed by atoms with Gasteiger partial charge in [-0.1, -0.05) is 192 Å². The molecule has 0 aliphatic rings. The molecule has 0 saturated carbocycles. The number of hydrogen-bond donors (Lipinski definition) is 1. The molecule has 0 saturated heterocycles. The third-order valence-corrected chi connectivity index (χ3v) is 15.6. The molecule has 0 bridgehead atoms. The van der Waals surface area contributed by atoms with Crippen LogP contribution in [0, 0.1) is 27.7 Å². The van der Waals surface area contributed by atoms with E-state index in [1.165, 1.54) is 86.8 Å².